The number of nitrogens with zero attached hydrogens (tertiary/aromatic N) is 2. The Morgan fingerprint density at radius 2 is 2.08 bits per heavy atom. The van der Waals surface area contributed by atoms with Gasteiger partial charge < -0.3 is 5.32 Å². The highest BCUT2D eigenvalue weighted by molar-refractivity contribution is 6.31. The summed E-state index contributed by atoms with van der Waals surface area (Å²) in [5.41, 5.74) is 1.65. The summed E-state index contributed by atoms with van der Waals surface area (Å²) < 4.78 is 14.9. The third kappa shape index (κ3) is 4.72. The molecule has 2 aromatic rings. The molecule has 0 saturated heterocycles. The molecule has 0 atom stereocenters. The van der Waals surface area contributed by atoms with Crippen LogP contribution in [0.25, 0.3) is 0 Å². The maximum atomic E-state index is 13.1. The van der Waals surface area contributed by atoms with E-state index < -0.39 is 0 Å². The molecular weight excluding hydrogens is 343 g/mol. The third-order valence-corrected chi connectivity index (χ3v) is 4.85. The molecule has 1 aromatic carbocycles. The van der Waals surface area contributed by atoms with Gasteiger partial charge in [-0.15, -0.1) is 0 Å². The Morgan fingerprint density at radius 1 is 1.32 bits per heavy atom. The van der Waals surface area contributed by atoms with Crippen molar-refractivity contribution in [1.29, 1.82) is 0 Å². The van der Waals surface area contributed by atoms with Crippen molar-refractivity contribution in [1.82, 2.24) is 15.1 Å². The van der Waals surface area contributed by atoms with Crippen LogP contribution in [-0.4, -0.2) is 21.9 Å². The number of carbonyl (C=O) groups excluding carboxylic acids is 1. The monoisotopic (exact) mass is 364 g/mol. The third-order valence-electron chi connectivity index (χ3n) is 4.50. The van der Waals surface area contributed by atoms with Gasteiger partial charge in [-0.05, 0) is 37.5 Å². The molecule has 3 rings (SSSR count). The first-order valence-electron chi connectivity index (χ1n) is 8.57. The van der Waals surface area contributed by atoms with Crippen molar-refractivity contribution < 1.29 is 9.18 Å². The van der Waals surface area contributed by atoms with Gasteiger partial charge in [0.05, 0.1) is 6.54 Å². The Bertz CT molecular complexity index is 756. The number of aryl methyl sites for hydroxylation is 1. The molecule has 25 heavy (non-hydrogen) atoms. The van der Waals surface area contributed by atoms with E-state index in [1.165, 1.54) is 18.6 Å². The lowest BCUT2D eigenvalue weighted by molar-refractivity contribution is 0.244. The van der Waals surface area contributed by atoms with Crippen molar-refractivity contribution in [3.05, 3.63) is 46.4 Å². The second kappa shape index (κ2) is 7.87. The molecule has 0 aliphatic heterocycles. The molecule has 1 heterocycles. The van der Waals surface area contributed by atoms with Gasteiger partial charge >= 0.3 is 6.03 Å². The minimum Gasteiger partial charge on any atom is -0.335 e. The molecule has 7 heteroatoms. The minimum atomic E-state index is -0.368. The second-order valence-electron chi connectivity index (χ2n) is 6.50. The molecule has 0 unspecified atom stereocenters. The summed E-state index contributed by atoms with van der Waals surface area (Å²) in [6, 6.07) is 6.12. The molecule has 2 N–H and O–H groups in total. The Hall–Kier alpha value is -2.08. The lowest BCUT2D eigenvalue weighted by atomic mass is 9.96. The van der Waals surface area contributed by atoms with Crippen molar-refractivity contribution in [3.63, 3.8) is 0 Å². The van der Waals surface area contributed by atoms with Gasteiger partial charge in [0.15, 0.2) is 5.82 Å². The van der Waals surface area contributed by atoms with Crippen LogP contribution in [0.5, 0.6) is 0 Å². The first kappa shape index (κ1) is 17.7. The highest BCUT2D eigenvalue weighted by atomic mass is 35.5. The summed E-state index contributed by atoms with van der Waals surface area (Å²) in [5, 5.41) is 10.5. The number of hydrogen-bond acceptors (Lipinski definition) is 2. The summed E-state index contributed by atoms with van der Waals surface area (Å²) in [5.74, 6) is 0.122. The number of aromatic nitrogens is 2. The normalized spacial score (nSPS) is 15.2. The van der Waals surface area contributed by atoms with Crippen LogP contribution >= 0.6 is 11.6 Å². The van der Waals surface area contributed by atoms with E-state index in [1.807, 2.05) is 6.92 Å². The standard InChI is InChI=1S/C18H22ClFN4O/c1-12-9-17(22-18(25)21-15-5-3-2-4-6-15)23-24(12)11-13-7-8-14(20)10-16(13)19/h7-10,15H,2-6,11H2,1H3,(H2,21,22,23,25). The molecular formula is C18H22ClFN4O. The van der Waals surface area contributed by atoms with E-state index in [2.05, 4.69) is 15.7 Å². The Kier molecular flexibility index (Phi) is 5.58. The summed E-state index contributed by atoms with van der Waals surface area (Å²) in [6.45, 7) is 2.31. The SMILES string of the molecule is Cc1cc(NC(=O)NC2CCCCC2)nn1Cc1ccc(F)cc1Cl. The van der Waals surface area contributed by atoms with Crippen LogP contribution in [0.15, 0.2) is 24.3 Å². The second-order valence-corrected chi connectivity index (χ2v) is 6.90. The number of carbonyl (C=O) groups is 1. The summed E-state index contributed by atoms with van der Waals surface area (Å²) in [7, 11) is 0. The zero-order valence-corrected chi connectivity index (χ0v) is 14.9. The number of halogens is 2. The Labute approximate surface area is 151 Å². The van der Waals surface area contributed by atoms with Crippen LogP contribution in [0.2, 0.25) is 5.02 Å². The predicted molar refractivity (Wildman–Crippen MR) is 96.5 cm³/mol. The van der Waals surface area contributed by atoms with Gasteiger partial charge in [-0.3, -0.25) is 10.00 Å². The number of nitrogens with one attached hydrogen (secondary N) is 2. The van der Waals surface area contributed by atoms with Crippen LogP contribution in [0.4, 0.5) is 15.0 Å². The van der Waals surface area contributed by atoms with Crippen molar-refractivity contribution in [3.8, 4) is 0 Å². The fraction of sp³-hybridized carbons (Fsp3) is 0.444. The van der Waals surface area contributed by atoms with Crippen molar-refractivity contribution in [2.75, 3.05) is 5.32 Å². The number of amides is 2. The zero-order chi connectivity index (χ0) is 17.8. The van der Waals surface area contributed by atoms with Crippen LogP contribution in [0.3, 0.4) is 0 Å². The van der Waals surface area contributed by atoms with Crippen LogP contribution in [-0.2, 0) is 6.54 Å². The van der Waals surface area contributed by atoms with E-state index in [1.54, 1.807) is 16.8 Å². The fourth-order valence-corrected chi connectivity index (χ4v) is 3.35. The van der Waals surface area contributed by atoms with E-state index in [4.69, 9.17) is 11.6 Å². The van der Waals surface area contributed by atoms with Crippen LogP contribution in [0.1, 0.15) is 43.4 Å². The first-order valence-corrected chi connectivity index (χ1v) is 8.95. The molecule has 1 aromatic heterocycles. The van der Waals surface area contributed by atoms with Gasteiger partial charge in [0, 0.05) is 22.8 Å². The molecule has 1 saturated carbocycles. The smallest absolute Gasteiger partial charge is 0.320 e. The predicted octanol–water partition coefficient (Wildman–Crippen LogP) is 4.49. The molecule has 0 radical (unpaired) electrons. The Morgan fingerprint density at radius 3 is 2.80 bits per heavy atom. The maximum absolute atomic E-state index is 13.1. The van der Waals surface area contributed by atoms with E-state index in [0.717, 1.165) is 36.9 Å². The first-order chi connectivity index (χ1) is 12.0. The number of anilines is 1. The summed E-state index contributed by atoms with van der Waals surface area (Å²) in [4.78, 5) is 12.1. The molecule has 1 aliphatic rings. The van der Waals surface area contributed by atoms with E-state index in [9.17, 15) is 9.18 Å². The molecule has 2 amide bonds. The highest BCUT2D eigenvalue weighted by Gasteiger charge is 2.16. The lowest BCUT2D eigenvalue weighted by Gasteiger charge is -2.22. The summed E-state index contributed by atoms with van der Waals surface area (Å²) >= 11 is 6.07. The van der Waals surface area contributed by atoms with Gasteiger partial charge in [0.2, 0.25) is 0 Å². The van der Waals surface area contributed by atoms with Crippen LogP contribution in [0, 0.1) is 12.7 Å². The van der Waals surface area contributed by atoms with Crippen molar-refractivity contribution in [2.45, 2.75) is 51.6 Å². The average Bonchev–Trinajstić information content (AvgIpc) is 2.90. The molecule has 134 valence electrons. The lowest BCUT2D eigenvalue weighted by Crippen LogP contribution is -2.39. The highest BCUT2D eigenvalue weighted by Crippen LogP contribution is 2.20. The quantitative estimate of drug-likeness (QED) is 0.839. The van der Waals surface area contributed by atoms with Gasteiger partial charge in [-0.1, -0.05) is 36.9 Å². The molecule has 1 aliphatic carbocycles. The van der Waals surface area contributed by atoms with E-state index >= 15 is 0 Å². The zero-order valence-electron chi connectivity index (χ0n) is 14.2. The fourth-order valence-electron chi connectivity index (χ4n) is 3.13. The van der Waals surface area contributed by atoms with Gasteiger partial charge in [-0.25, -0.2) is 9.18 Å². The van der Waals surface area contributed by atoms with Gasteiger partial charge in [-0.2, -0.15) is 5.10 Å². The Balaban J connectivity index is 1.62. The van der Waals surface area contributed by atoms with Crippen molar-refractivity contribution in [2.24, 2.45) is 0 Å². The van der Waals surface area contributed by atoms with Gasteiger partial charge in [0.1, 0.15) is 5.82 Å². The topological polar surface area (TPSA) is 59.0 Å². The number of benzene rings is 1. The summed E-state index contributed by atoms with van der Waals surface area (Å²) in [6.07, 6.45) is 5.64. The number of hydrogen-bond donors (Lipinski definition) is 2. The largest absolute Gasteiger partial charge is 0.335 e. The molecule has 0 bridgehead atoms. The van der Waals surface area contributed by atoms with E-state index in [-0.39, 0.29) is 17.9 Å². The molecule has 5 nitrogen and oxygen atoms in total. The maximum Gasteiger partial charge on any atom is 0.320 e. The number of urea groups is 1. The van der Waals surface area contributed by atoms with Gasteiger partial charge in [0.25, 0.3) is 0 Å². The average molecular weight is 365 g/mol. The van der Waals surface area contributed by atoms with Crippen molar-refractivity contribution >= 4 is 23.4 Å². The van der Waals surface area contributed by atoms with E-state index in [0.29, 0.717) is 17.4 Å². The van der Waals surface area contributed by atoms with Crippen LogP contribution < -0.4 is 10.6 Å². The molecule has 0 spiro atoms. The molecule has 1 fully saturated rings. The number of rotatable bonds is 4. The minimum absolute atomic E-state index is 0.226.